The first-order chi connectivity index (χ1) is 9.06. The average Bonchev–Trinajstić information content (AvgIpc) is 2.67. The summed E-state index contributed by atoms with van der Waals surface area (Å²) in [4.78, 5) is 8.11. The van der Waals surface area contributed by atoms with Crippen molar-refractivity contribution in [2.24, 2.45) is 0 Å². The van der Waals surface area contributed by atoms with Gasteiger partial charge in [0.2, 0.25) is 5.95 Å². The second-order valence-corrected chi connectivity index (χ2v) is 4.69. The van der Waals surface area contributed by atoms with Gasteiger partial charge in [-0.2, -0.15) is 10.1 Å². The highest BCUT2D eigenvalue weighted by Crippen LogP contribution is 2.10. The van der Waals surface area contributed by atoms with Gasteiger partial charge in [-0.1, -0.05) is 0 Å². The van der Waals surface area contributed by atoms with Crippen LogP contribution in [0, 0.1) is 20.8 Å². The fourth-order valence-electron chi connectivity index (χ4n) is 1.97. The third-order valence-corrected chi connectivity index (χ3v) is 2.93. The van der Waals surface area contributed by atoms with E-state index in [9.17, 15) is 0 Å². The normalized spacial score (nSPS) is 10.7. The Morgan fingerprint density at radius 1 is 1.32 bits per heavy atom. The molecule has 0 aliphatic carbocycles. The van der Waals surface area contributed by atoms with Gasteiger partial charge < -0.3 is 11.1 Å². The average molecular weight is 260 g/mol. The Labute approximate surface area is 113 Å². The molecule has 2 aromatic heterocycles. The monoisotopic (exact) mass is 260 g/mol. The number of anilines is 2. The van der Waals surface area contributed by atoms with E-state index in [1.54, 1.807) is 6.20 Å². The summed E-state index contributed by atoms with van der Waals surface area (Å²) >= 11 is 0. The Kier molecular flexibility index (Phi) is 3.99. The van der Waals surface area contributed by atoms with Crippen LogP contribution in [0.4, 0.5) is 11.8 Å². The Bertz CT molecular complexity index is 560. The molecule has 3 N–H and O–H groups in total. The lowest BCUT2D eigenvalue weighted by Crippen LogP contribution is -2.11. The molecule has 0 atom stereocenters. The molecular weight excluding hydrogens is 240 g/mol. The van der Waals surface area contributed by atoms with Gasteiger partial charge >= 0.3 is 0 Å². The SMILES string of the molecule is Cc1cc(C)n(CCCNc2nc(N)ncc2C)n1. The van der Waals surface area contributed by atoms with E-state index in [4.69, 9.17) is 5.73 Å². The van der Waals surface area contributed by atoms with E-state index in [1.165, 1.54) is 5.69 Å². The van der Waals surface area contributed by atoms with Crippen molar-refractivity contribution >= 4 is 11.8 Å². The van der Waals surface area contributed by atoms with E-state index in [0.717, 1.165) is 36.6 Å². The van der Waals surface area contributed by atoms with Gasteiger partial charge in [0.1, 0.15) is 5.82 Å². The Morgan fingerprint density at radius 2 is 2.11 bits per heavy atom. The lowest BCUT2D eigenvalue weighted by Gasteiger charge is -2.09. The fourth-order valence-corrected chi connectivity index (χ4v) is 1.97. The molecule has 0 bridgehead atoms. The molecular formula is C13H20N6. The zero-order valence-corrected chi connectivity index (χ0v) is 11.6. The van der Waals surface area contributed by atoms with E-state index >= 15 is 0 Å². The fraction of sp³-hybridized carbons (Fsp3) is 0.462. The molecule has 6 nitrogen and oxygen atoms in total. The first-order valence-corrected chi connectivity index (χ1v) is 6.40. The van der Waals surface area contributed by atoms with E-state index in [2.05, 4.69) is 33.4 Å². The van der Waals surface area contributed by atoms with Crippen LogP contribution in [0.3, 0.4) is 0 Å². The highest BCUT2D eigenvalue weighted by Gasteiger charge is 2.02. The number of nitrogens with two attached hydrogens (primary N) is 1. The minimum absolute atomic E-state index is 0.298. The van der Waals surface area contributed by atoms with Crippen LogP contribution in [0.5, 0.6) is 0 Å². The van der Waals surface area contributed by atoms with Crippen LogP contribution in [0.2, 0.25) is 0 Å². The summed E-state index contributed by atoms with van der Waals surface area (Å²) in [5.41, 5.74) is 8.82. The number of nitrogen functional groups attached to an aromatic ring is 1. The van der Waals surface area contributed by atoms with Crippen LogP contribution >= 0.6 is 0 Å². The summed E-state index contributed by atoms with van der Waals surface area (Å²) in [7, 11) is 0. The Morgan fingerprint density at radius 3 is 2.79 bits per heavy atom. The van der Waals surface area contributed by atoms with E-state index in [-0.39, 0.29) is 0 Å². The van der Waals surface area contributed by atoms with Crippen molar-refractivity contribution in [3.05, 3.63) is 29.2 Å². The van der Waals surface area contributed by atoms with Gasteiger partial charge in [0.15, 0.2) is 0 Å². The molecule has 102 valence electrons. The number of hydrogen-bond donors (Lipinski definition) is 2. The standard InChI is InChI=1S/C13H20N6/c1-9-8-16-13(14)17-12(9)15-5-4-6-19-11(3)7-10(2)18-19/h7-8H,4-6H2,1-3H3,(H3,14,15,16,17). The molecule has 0 radical (unpaired) electrons. The van der Waals surface area contributed by atoms with Crippen molar-refractivity contribution in [2.45, 2.75) is 33.7 Å². The highest BCUT2D eigenvalue weighted by atomic mass is 15.3. The molecule has 0 aromatic carbocycles. The molecule has 6 heteroatoms. The zero-order valence-electron chi connectivity index (χ0n) is 11.6. The third kappa shape index (κ3) is 3.43. The van der Waals surface area contributed by atoms with Gasteiger partial charge in [0.25, 0.3) is 0 Å². The maximum Gasteiger partial charge on any atom is 0.221 e. The van der Waals surface area contributed by atoms with Crippen molar-refractivity contribution in [3.8, 4) is 0 Å². The summed E-state index contributed by atoms with van der Waals surface area (Å²) in [6.45, 7) is 7.77. The molecule has 0 amide bonds. The summed E-state index contributed by atoms with van der Waals surface area (Å²) in [6.07, 6.45) is 2.71. The molecule has 0 aliphatic rings. The first-order valence-electron chi connectivity index (χ1n) is 6.40. The maximum absolute atomic E-state index is 5.57. The Balaban J connectivity index is 1.84. The zero-order chi connectivity index (χ0) is 13.8. The first kappa shape index (κ1) is 13.3. The topological polar surface area (TPSA) is 81.7 Å². The second kappa shape index (κ2) is 5.69. The molecule has 2 rings (SSSR count). The number of rotatable bonds is 5. The van der Waals surface area contributed by atoms with Crippen LogP contribution in [0.15, 0.2) is 12.3 Å². The maximum atomic E-state index is 5.57. The van der Waals surface area contributed by atoms with Gasteiger partial charge in [0.05, 0.1) is 5.69 Å². The van der Waals surface area contributed by atoms with Crippen LogP contribution < -0.4 is 11.1 Å². The predicted octanol–water partition coefficient (Wildman–Crippen LogP) is 1.68. The molecule has 0 fully saturated rings. The number of aromatic nitrogens is 4. The van der Waals surface area contributed by atoms with E-state index in [1.807, 2.05) is 18.5 Å². The molecule has 0 unspecified atom stereocenters. The summed E-state index contributed by atoms with van der Waals surface area (Å²) in [6, 6.07) is 2.09. The van der Waals surface area contributed by atoms with E-state index in [0.29, 0.717) is 5.95 Å². The van der Waals surface area contributed by atoms with Crippen LogP contribution in [-0.4, -0.2) is 26.3 Å². The third-order valence-electron chi connectivity index (χ3n) is 2.93. The van der Waals surface area contributed by atoms with Crippen LogP contribution in [0.25, 0.3) is 0 Å². The molecule has 2 heterocycles. The largest absolute Gasteiger partial charge is 0.370 e. The lowest BCUT2D eigenvalue weighted by atomic mass is 10.3. The number of nitrogens with zero attached hydrogens (tertiary/aromatic N) is 4. The number of hydrogen-bond acceptors (Lipinski definition) is 5. The van der Waals surface area contributed by atoms with Crippen molar-refractivity contribution in [2.75, 3.05) is 17.6 Å². The highest BCUT2D eigenvalue weighted by molar-refractivity contribution is 5.44. The van der Waals surface area contributed by atoms with E-state index < -0.39 is 0 Å². The molecule has 2 aromatic rings. The predicted molar refractivity (Wildman–Crippen MR) is 76.0 cm³/mol. The van der Waals surface area contributed by atoms with Crippen LogP contribution in [0.1, 0.15) is 23.4 Å². The van der Waals surface area contributed by atoms with Gasteiger partial charge in [-0.3, -0.25) is 4.68 Å². The van der Waals surface area contributed by atoms with Gasteiger partial charge in [-0.05, 0) is 33.3 Å². The molecule has 0 saturated heterocycles. The molecule has 0 spiro atoms. The Hall–Kier alpha value is -2.11. The van der Waals surface area contributed by atoms with Crippen molar-refractivity contribution < 1.29 is 0 Å². The molecule has 19 heavy (non-hydrogen) atoms. The molecule has 0 saturated carbocycles. The summed E-state index contributed by atoms with van der Waals surface area (Å²) < 4.78 is 2.03. The minimum Gasteiger partial charge on any atom is -0.370 e. The second-order valence-electron chi connectivity index (χ2n) is 4.69. The van der Waals surface area contributed by atoms with Crippen LogP contribution in [-0.2, 0) is 6.54 Å². The van der Waals surface area contributed by atoms with Gasteiger partial charge in [-0.15, -0.1) is 0 Å². The smallest absolute Gasteiger partial charge is 0.221 e. The molecule has 0 aliphatic heterocycles. The number of nitrogens with one attached hydrogen (secondary N) is 1. The minimum atomic E-state index is 0.298. The number of aryl methyl sites for hydroxylation is 4. The van der Waals surface area contributed by atoms with Gasteiger partial charge in [0, 0.05) is 30.5 Å². The summed E-state index contributed by atoms with van der Waals surface area (Å²) in [5.74, 6) is 1.10. The van der Waals surface area contributed by atoms with Crippen molar-refractivity contribution in [1.29, 1.82) is 0 Å². The van der Waals surface area contributed by atoms with Gasteiger partial charge in [-0.25, -0.2) is 4.98 Å². The lowest BCUT2D eigenvalue weighted by molar-refractivity contribution is 0.573. The van der Waals surface area contributed by atoms with Crippen molar-refractivity contribution in [1.82, 2.24) is 19.7 Å². The quantitative estimate of drug-likeness (QED) is 0.799. The van der Waals surface area contributed by atoms with Crippen molar-refractivity contribution in [3.63, 3.8) is 0 Å². The summed E-state index contributed by atoms with van der Waals surface area (Å²) in [5, 5.41) is 7.71.